The standard InChI is InChI=1S/C12H18ClN3O2/c1-3-4-6-14-7-5-10-8-9(2)15-12(13)11(10)16(17)18/h8,14H,3-7H2,1-2H3. The number of hydrogen-bond acceptors (Lipinski definition) is 4. The van der Waals surface area contributed by atoms with Gasteiger partial charge in [-0.05, 0) is 38.9 Å². The molecule has 100 valence electrons. The van der Waals surface area contributed by atoms with Crippen LogP contribution in [-0.2, 0) is 6.42 Å². The monoisotopic (exact) mass is 271 g/mol. The predicted molar refractivity (Wildman–Crippen MR) is 72.1 cm³/mol. The van der Waals surface area contributed by atoms with E-state index in [0.717, 1.165) is 19.4 Å². The minimum Gasteiger partial charge on any atom is -0.316 e. The number of nitrogens with one attached hydrogen (secondary N) is 1. The van der Waals surface area contributed by atoms with Gasteiger partial charge < -0.3 is 5.32 Å². The Hall–Kier alpha value is -1.20. The van der Waals surface area contributed by atoms with E-state index in [-0.39, 0.29) is 10.8 Å². The molecule has 0 saturated heterocycles. The third kappa shape index (κ3) is 4.23. The van der Waals surface area contributed by atoms with Crippen molar-refractivity contribution in [2.24, 2.45) is 0 Å². The number of aromatic nitrogens is 1. The Kier molecular flexibility index (Phi) is 6.01. The van der Waals surface area contributed by atoms with E-state index < -0.39 is 4.92 Å². The van der Waals surface area contributed by atoms with Gasteiger partial charge in [0.2, 0.25) is 5.15 Å². The second kappa shape index (κ2) is 7.28. The number of rotatable bonds is 7. The molecule has 0 saturated carbocycles. The van der Waals surface area contributed by atoms with Crippen molar-refractivity contribution in [3.63, 3.8) is 0 Å². The van der Waals surface area contributed by atoms with Crippen LogP contribution in [0.25, 0.3) is 0 Å². The molecule has 0 fully saturated rings. The van der Waals surface area contributed by atoms with Crippen LogP contribution in [0.15, 0.2) is 6.07 Å². The van der Waals surface area contributed by atoms with Gasteiger partial charge in [0, 0.05) is 11.3 Å². The number of aryl methyl sites for hydroxylation is 1. The maximum atomic E-state index is 10.9. The lowest BCUT2D eigenvalue weighted by atomic mass is 10.1. The minimum atomic E-state index is -0.462. The fourth-order valence-electron chi connectivity index (χ4n) is 1.73. The molecule has 6 heteroatoms. The summed E-state index contributed by atoms with van der Waals surface area (Å²) in [4.78, 5) is 14.4. The quantitative estimate of drug-likeness (QED) is 0.358. The zero-order valence-electron chi connectivity index (χ0n) is 10.7. The zero-order valence-corrected chi connectivity index (χ0v) is 11.5. The maximum Gasteiger partial charge on any atom is 0.309 e. The van der Waals surface area contributed by atoms with Crippen LogP contribution in [0.2, 0.25) is 5.15 Å². The van der Waals surface area contributed by atoms with Crippen molar-refractivity contribution >= 4 is 17.3 Å². The van der Waals surface area contributed by atoms with Gasteiger partial charge in [-0.25, -0.2) is 4.98 Å². The Morgan fingerprint density at radius 1 is 1.50 bits per heavy atom. The average Bonchev–Trinajstić information content (AvgIpc) is 2.27. The number of halogens is 1. The second-order valence-electron chi connectivity index (χ2n) is 4.17. The summed E-state index contributed by atoms with van der Waals surface area (Å²) in [7, 11) is 0. The molecule has 0 aliphatic heterocycles. The van der Waals surface area contributed by atoms with Gasteiger partial charge >= 0.3 is 5.69 Å². The first kappa shape index (κ1) is 14.9. The molecule has 1 N–H and O–H groups in total. The molecule has 1 rings (SSSR count). The molecule has 0 unspecified atom stereocenters. The highest BCUT2D eigenvalue weighted by Crippen LogP contribution is 2.27. The Morgan fingerprint density at radius 3 is 2.83 bits per heavy atom. The molecule has 0 amide bonds. The fourth-order valence-corrected chi connectivity index (χ4v) is 2.05. The van der Waals surface area contributed by atoms with Gasteiger partial charge in [0.25, 0.3) is 0 Å². The predicted octanol–water partition coefficient (Wildman–Crippen LogP) is 2.88. The van der Waals surface area contributed by atoms with E-state index in [0.29, 0.717) is 24.2 Å². The molecule has 0 aliphatic rings. The van der Waals surface area contributed by atoms with Gasteiger partial charge in [-0.2, -0.15) is 0 Å². The number of nitrogens with zero attached hydrogens (tertiary/aromatic N) is 2. The maximum absolute atomic E-state index is 10.9. The van der Waals surface area contributed by atoms with Crippen LogP contribution in [0.4, 0.5) is 5.69 Å². The molecule has 0 bridgehead atoms. The van der Waals surface area contributed by atoms with Gasteiger partial charge in [0.05, 0.1) is 4.92 Å². The van der Waals surface area contributed by atoms with Crippen molar-refractivity contribution in [1.29, 1.82) is 0 Å². The third-order valence-corrected chi connectivity index (χ3v) is 2.88. The Balaban J connectivity index is 2.71. The lowest BCUT2D eigenvalue weighted by Crippen LogP contribution is -2.19. The first-order valence-electron chi connectivity index (χ1n) is 6.07. The average molecular weight is 272 g/mol. The smallest absolute Gasteiger partial charge is 0.309 e. The zero-order chi connectivity index (χ0) is 13.5. The molecule has 0 atom stereocenters. The van der Waals surface area contributed by atoms with Crippen molar-refractivity contribution in [3.05, 3.63) is 32.6 Å². The molecule has 0 spiro atoms. The Bertz CT molecular complexity index is 424. The van der Waals surface area contributed by atoms with E-state index in [2.05, 4.69) is 17.2 Å². The highest BCUT2D eigenvalue weighted by atomic mass is 35.5. The molecule has 1 heterocycles. The van der Waals surface area contributed by atoms with Crippen LogP contribution < -0.4 is 5.32 Å². The minimum absolute atomic E-state index is 0.0245. The highest BCUT2D eigenvalue weighted by Gasteiger charge is 2.20. The van der Waals surface area contributed by atoms with E-state index >= 15 is 0 Å². The van der Waals surface area contributed by atoms with E-state index in [1.165, 1.54) is 0 Å². The van der Waals surface area contributed by atoms with E-state index in [1.807, 2.05) is 0 Å². The summed E-state index contributed by atoms with van der Waals surface area (Å²) in [6.45, 7) is 5.55. The summed E-state index contributed by atoms with van der Waals surface area (Å²) in [6.07, 6.45) is 2.83. The molecule has 0 aliphatic carbocycles. The summed E-state index contributed by atoms with van der Waals surface area (Å²) in [5.41, 5.74) is 1.27. The normalized spacial score (nSPS) is 10.6. The van der Waals surface area contributed by atoms with Crippen LogP contribution in [0.5, 0.6) is 0 Å². The van der Waals surface area contributed by atoms with E-state index in [1.54, 1.807) is 13.0 Å². The molecule has 18 heavy (non-hydrogen) atoms. The van der Waals surface area contributed by atoms with Crippen molar-refractivity contribution < 1.29 is 4.92 Å². The Morgan fingerprint density at radius 2 is 2.22 bits per heavy atom. The van der Waals surface area contributed by atoms with Crippen LogP contribution >= 0.6 is 11.6 Å². The van der Waals surface area contributed by atoms with Crippen LogP contribution in [0.3, 0.4) is 0 Å². The number of hydrogen-bond donors (Lipinski definition) is 1. The summed E-state index contributed by atoms with van der Waals surface area (Å²) in [5, 5.41) is 14.2. The van der Waals surface area contributed by atoms with Gasteiger partial charge in [0.1, 0.15) is 0 Å². The fraction of sp³-hybridized carbons (Fsp3) is 0.583. The van der Waals surface area contributed by atoms with Crippen LogP contribution in [0.1, 0.15) is 31.0 Å². The molecular formula is C12H18ClN3O2. The SMILES string of the molecule is CCCCNCCc1cc(C)nc(Cl)c1[N+](=O)[O-]. The van der Waals surface area contributed by atoms with Crippen LogP contribution in [0, 0.1) is 17.0 Å². The topological polar surface area (TPSA) is 68.1 Å². The summed E-state index contributed by atoms with van der Waals surface area (Å²) in [6, 6.07) is 1.73. The molecule has 1 aromatic heterocycles. The lowest BCUT2D eigenvalue weighted by Gasteiger charge is -2.06. The molecular weight excluding hydrogens is 254 g/mol. The number of pyridine rings is 1. The number of nitro groups is 1. The van der Waals surface area contributed by atoms with E-state index in [4.69, 9.17) is 11.6 Å². The number of unbranched alkanes of at least 4 members (excludes halogenated alkanes) is 1. The van der Waals surface area contributed by atoms with Crippen molar-refractivity contribution in [2.75, 3.05) is 13.1 Å². The molecule has 5 nitrogen and oxygen atoms in total. The van der Waals surface area contributed by atoms with Crippen molar-refractivity contribution in [3.8, 4) is 0 Å². The van der Waals surface area contributed by atoms with Crippen molar-refractivity contribution in [1.82, 2.24) is 10.3 Å². The lowest BCUT2D eigenvalue weighted by molar-refractivity contribution is -0.385. The van der Waals surface area contributed by atoms with E-state index in [9.17, 15) is 10.1 Å². The molecule has 1 aromatic rings. The second-order valence-corrected chi connectivity index (χ2v) is 4.53. The summed E-state index contributed by atoms with van der Waals surface area (Å²) in [5.74, 6) is 0. The Labute approximate surface area is 112 Å². The highest BCUT2D eigenvalue weighted by molar-refractivity contribution is 6.31. The van der Waals surface area contributed by atoms with Gasteiger partial charge in [-0.3, -0.25) is 10.1 Å². The third-order valence-electron chi connectivity index (χ3n) is 2.62. The first-order chi connectivity index (χ1) is 8.56. The first-order valence-corrected chi connectivity index (χ1v) is 6.45. The molecule has 0 aromatic carbocycles. The van der Waals surface area contributed by atoms with Crippen LogP contribution in [-0.4, -0.2) is 23.0 Å². The van der Waals surface area contributed by atoms with Gasteiger partial charge in [0.15, 0.2) is 0 Å². The summed E-state index contributed by atoms with van der Waals surface area (Å²) < 4.78 is 0. The van der Waals surface area contributed by atoms with Crippen molar-refractivity contribution in [2.45, 2.75) is 33.1 Å². The van der Waals surface area contributed by atoms with Gasteiger partial charge in [-0.1, -0.05) is 24.9 Å². The molecule has 0 radical (unpaired) electrons. The van der Waals surface area contributed by atoms with Gasteiger partial charge in [-0.15, -0.1) is 0 Å². The summed E-state index contributed by atoms with van der Waals surface area (Å²) >= 11 is 5.82. The largest absolute Gasteiger partial charge is 0.316 e.